The Morgan fingerprint density at radius 2 is 2.37 bits per heavy atom. The third-order valence-electron chi connectivity index (χ3n) is 3.24. The zero-order valence-corrected chi connectivity index (χ0v) is 12.7. The van der Waals surface area contributed by atoms with E-state index in [1.807, 2.05) is 6.07 Å². The summed E-state index contributed by atoms with van der Waals surface area (Å²) < 4.78 is 0.869. The van der Waals surface area contributed by atoms with Crippen LogP contribution in [-0.2, 0) is 0 Å². The van der Waals surface area contributed by atoms with Gasteiger partial charge in [-0.2, -0.15) is 0 Å². The van der Waals surface area contributed by atoms with Crippen LogP contribution in [0.4, 0.5) is 10.5 Å². The van der Waals surface area contributed by atoms with E-state index in [-0.39, 0.29) is 18.6 Å². The van der Waals surface area contributed by atoms with Crippen molar-refractivity contribution in [3.8, 4) is 0 Å². The van der Waals surface area contributed by atoms with Gasteiger partial charge in [0.2, 0.25) is 0 Å². The summed E-state index contributed by atoms with van der Waals surface area (Å²) in [6.45, 7) is 1.44. The molecule has 4 nitrogen and oxygen atoms in total. The number of nitrogens with one attached hydrogen (secondary N) is 1. The lowest BCUT2D eigenvalue weighted by Crippen LogP contribution is -2.43. The smallest absolute Gasteiger partial charge is 0.321 e. The Balaban J connectivity index is 2.00. The molecule has 1 aliphatic heterocycles. The second-order valence-corrected chi connectivity index (χ2v) is 6.01. The van der Waals surface area contributed by atoms with Crippen LogP contribution in [-0.4, -0.2) is 35.7 Å². The van der Waals surface area contributed by atoms with E-state index in [0.29, 0.717) is 17.3 Å². The molecule has 1 aromatic carbocycles. The summed E-state index contributed by atoms with van der Waals surface area (Å²) in [5, 5.41) is 12.5. The van der Waals surface area contributed by atoms with E-state index in [9.17, 15) is 9.90 Å². The first kappa shape index (κ1) is 14.6. The summed E-state index contributed by atoms with van der Waals surface area (Å²) in [6.07, 6.45) is 1.89. The van der Waals surface area contributed by atoms with Gasteiger partial charge >= 0.3 is 6.03 Å². The number of likely N-dealkylation sites (tertiary alicyclic amines) is 1. The minimum absolute atomic E-state index is 0.128. The van der Waals surface area contributed by atoms with E-state index >= 15 is 0 Å². The van der Waals surface area contributed by atoms with Crippen LogP contribution >= 0.6 is 27.5 Å². The zero-order chi connectivity index (χ0) is 13.8. The van der Waals surface area contributed by atoms with E-state index in [1.54, 1.807) is 17.0 Å². The summed E-state index contributed by atoms with van der Waals surface area (Å²) in [5.74, 6) is 0.180. The quantitative estimate of drug-likeness (QED) is 0.862. The average Bonchev–Trinajstić information content (AvgIpc) is 2.42. The number of hydrogen-bond acceptors (Lipinski definition) is 2. The van der Waals surface area contributed by atoms with E-state index in [4.69, 9.17) is 11.6 Å². The Bertz CT molecular complexity index is 470. The number of halogens is 2. The molecule has 0 aliphatic carbocycles. The third-order valence-corrected chi connectivity index (χ3v) is 4.04. The fourth-order valence-electron chi connectivity index (χ4n) is 2.18. The zero-order valence-electron chi connectivity index (χ0n) is 10.4. The van der Waals surface area contributed by atoms with E-state index < -0.39 is 0 Å². The Morgan fingerprint density at radius 3 is 3.05 bits per heavy atom. The van der Waals surface area contributed by atoms with Gasteiger partial charge in [-0.25, -0.2) is 4.79 Å². The van der Waals surface area contributed by atoms with Crippen molar-refractivity contribution >= 4 is 39.2 Å². The highest BCUT2D eigenvalue weighted by atomic mass is 79.9. The van der Waals surface area contributed by atoms with Gasteiger partial charge in [0.05, 0.1) is 10.7 Å². The Hall–Kier alpha value is -0.780. The third kappa shape index (κ3) is 3.84. The number of aliphatic hydroxyl groups excluding tert-OH is 1. The van der Waals surface area contributed by atoms with Crippen LogP contribution in [0.2, 0.25) is 5.02 Å². The van der Waals surface area contributed by atoms with E-state index in [0.717, 1.165) is 23.9 Å². The Kier molecular flexibility index (Phi) is 5.07. The van der Waals surface area contributed by atoms with Crippen LogP contribution in [0.5, 0.6) is 0 Å². The molecule has 1 atom stereocenters. The van der Waals surface area contributed by atoms with Crippen molar-refractivity contribution in [1.82, 2.24) is 4.90 Å². The number of nitrogens with zero attached hydrogens (tertiary/aromatic N) is 1. The van der Waals surface area contributed by atoms with Gasteiger partial charge in [-0.3, -0.25) is 0 Å². The number of hydrogen-bond donors (Lipinski definition) is 2. The number of urea groups is 1. The van der Waals surface area contributed by atoms with Gasteiger partial charge in [0.25, 0.3) is 0 Å². The van der Waals surface area contributed by atoms with Crippen molar-refractivity contribution in [2.75, 3.05) is 25.0 Å². The largest absolute Gasteiger partial charge is 0.396 e. The molecule has 0 saturated carbocycles. The second-order valence-electron chi connectivity index (χ2n) is 4.69. The number of benzene rings is 1. The predicted molar refractivity (Wildman–Crippen MR) is 79.6 cm³/mol. The molecule has 1 heterocycles. The van der Waals surface area contributed by atoms with Crippen LogP contribution in [0.15, 0.2) is 22.7 Å². The lowest BCUT2D eigenvalue weighted by atomic mass is 9.99. The van der Waals surface area contributed by atoms with Gasteiger partial charge in [0, 0.05) is 24.2 Å². The van der Waals surface area contributed by atoms with Crippen molar-refractivity contribution in [1.29, 1.82) is 0 Å². The first-order chi connectivity index (χ1) is 9.10. The van der Waals surface area contributed by atoms with Crippen LogP contribution in [0.25, 0.3) is 0 Å². The summed E-state index contributed by atoms with van der Waals surface area (Å²) in [4.78, 5) is 13.9. The molecule has 1 unspecified atom stereocenters. The summed E-state index contributed by atoms with van der Waals surface area (Å²) in [7, 11) is 0. The van der Waals surface area contributed by atoms with Gasteiger partial charge in [-0.1, -0.05) is 27.5 Å². The van der Waals surface area contributed by atoms with Crippen molar-refractivity contribution in [2.45, 2.75) is 12.8 Å². The second kappa shape index (κ2) is 6.59. The molecule has 0 bridgehead atoms. The number of piperidine rings is 1. The standard InChI is InChI=1S/C13H16BrClN2O2/c14-10-3-4-12(11(15)6-10)16-13(19)17-5-1-2-9(7-17)8-18/h3-4,6,9,18H,1-2,5,7-8H2,(H,16,19). The van der Waals surface area contributed by atoms with Gasteiger partial charge in [0.1, 0.15) is 0 Å². The summed E-state index contributed by atoms with van der Waals surface area (Å²) in [6, 6.07) is 5.16. The predicted octanol–water partition coefficient (Wildman–Crippen LogP) is 3.34. The van der Waals surface area contributed by atoms with Crippen LogP contribution in [0.3, 0.4) is 0 Å². The summed E-state index contributed by atoms with van der Waals surface area (Å²) in [5.41, 5.74) is 0.598. The molecule has 1 aliphatic rings. The lowest BCUT2D eigenvalue weighted by molar-refractivity contribution is 0.136. The molecule has 6 heteroatoms. The molecule has 104 valence electrons. The minimum Gasteiger partial charge on any atom is -0.396 e. The summed E-state index contributed by atoms with van der Waals surface area (Å²) >= 11 is 9.39. The molecule has 19 heavy (non-hydrogen) atoms. The molecular formula is C13H16BrClN2O2. The highest BCUT2D eigenvalue weighted by Crippen LogP contribution is 2.26. The van der Waals surface area contributed by atoms with Crippen LogP contribution in [0.1, 0.15) is 12.8 Å². The Labute approximate surface area is 125 Å². The van der Waals surface area contributed by atoms with Crippen molar-refractivity contribution < 1.29 is 9.90 Å². The molecule has 2 rings (SSSR count). The Morgan fingerprint density at radius 1 is 1.58 bits per heavy atom. The highest BCUT2D eigenvalue weighted by molar-refractivity contribution is 9.10. The van der Waals surface area contributed by atoms with Crippen molar-refractivity contribution in [3.63, 3.8) is 0 Å². The van der Waals surface area contributed by atoms with Crippen molar-refractivity contribution in [2.24, 2.45) is 5.92 Å². The SMILES string of the molecule is O=C(Nc1ccc(Br)cc1Cl)N1CCCC(CO)C1. The van der Waals surface area contributed by atoms with Crippen LogP contribution in [0, 0.1) is 5.92 Å². The molecule has 1 saturated heterocycles. The number of amides is 2. The molecule has 0 aromatic heterocycles. The maximum absolute atomic E-state index is 12.1. The maximum atomic E-state index is 12.1. The van der Waals surface area contributed by atoms with E-state index in [2.05, 4.69) is 21.2 Å². The first-order valence-corrected chi connectivity index (χ1v) is 7.39. The number of carbonyl (C=O) groups is 1. The fourth-order valence-corrected chi connectivity index (χ4v) is 2.90. The van der Waals surface area contributed by atoms with Gasteiger partial charge < -0.3 is 15.3 Å². The van der Waals surface area contributed by atoms with Crippen molar-refractivity contribution in [3.05, 3.63) is 27.7 Å². The molecule has 2 amide bonds. The number of anilines is 1. The molecule has 1 fully saturated rings. The number of aliphatic hydroxyl groups is 1. The molecule has 2 N–H and O–H groups in total. The average molecular weight is 348 g/mol. The van der Waals surface area contributed by atoms with Gasteiger partial charge in [-0.15, -0.1) is 0 Å². The topological polar surface area (TPSA) is 52.6 Å². The van der Waals surface area contributed by atoms with E-state index in [1.165, 1.54) is 0 Å². The molecular weight excluding hydrogens is 332 g/mol. The number of rotatable bonds is 2. The lowest BCUT2D eigenvalue weighted by Gasteiger charge is -2.31. The highest BCUT2D eigenvalue weighted by Gasteiger charge is 2.23. The molecule has 0 radical (unpaired) electrons. The monoisotopic (exact) mass is 346 g/mol. The molecule has 1 aromatic rings. The molecule has 0 spiro atoms. The minimum atomic E-state index is -0.164. The first-order valence-electron chi connectivity index (χ1n) is 6.22. The fraction of sp³-hybridized carbons (Fsp3) is 0.462. The normalized spacial score (nSPS) is 19.3. The van der Waals surface area contributed by atoms with Gasteiger partial charge in [-0.05, 0) is 37.0 Å². The maximum Gasteiger partial charge on any atom is 0.321 e. The van der Waals surface area contributed by atoms with Crippen LogP contribution < -0.4 is 5.32 Å². The number of carbonyl (C=O) groups excluding carboxylic acids is 1. The van der Waals surface area contributed by atoms with Gasteiger partial charge in [0.15, 0.2) is 0 Å².